The molecule has 1 aliphatic heterocycles. The van der Waals surface area contributed by atoms with Crippen LogP contribution in [0.5, 0.6) is 0 Å². The van der Waals surface area contributed by atoms with E-state index in [2.05, 4.69) is 42.0 Å². The Kier molecular flexibility index (Phi) is 2.90. The van der Waals surface area contributed by atoms with Crippen LogP contribution in [0.4, 0.5) is 0 Å². The van der Waals surface area contributed by atoms with Crippen molar-refractivity contribution in [1.29, 1.82) is 0 Å². The third-order valence-corrected chi connectivity index (χ3v) is 4.18. The van der Waals surface area contributed by atoms with Gasteiger partial charge in [-0.25, -0.2) is 5.43 Å². The minimum absolute atomic E-state index is 0.198. The molecule has 1 saturated heterocycles. The van der Waals surface area contributed by atoms with Crippen LogP contribution in [0.25, 0.3) is 0 Å². The Morgan fingerprint density at radius 2 is 1.88 bits per heavy atom. The van der Waals surface area contributed by atoms with Crippen molar-refractivity contribution in [3.63, 3.8) is 0 Å². The first kappa shape index (κ1) is 11.2. The number of fused-ring (bicyclic) bond motifs is 1. The van der Waals surface area contributed by atoms with Gasteiger partial charge in [0.15, 0.2) is 0 Å². The zero-order valence-corrected chi connectivity index (χ0v) is 10.1. The Labute approximate surface area is 102 Å². The first-order valence-electron chi connectivity index (χ1n) is 6.50. The van der Waals surface area contributed by atoms with E-state index in [1.54, 1.807) is 0 Å². The minimum Gasteiger partial charge on any atom is -0.393 e. The van der Waals surface area contributed by atoms with Gasteiger partial charge in [-0.3, -0.25) is 5.43 Å². The Morgan fingerprint density at radius 1 is 1.12 bits per heavy atom. The predicted octanol–water partition coefficient (Wildman–Crippen LogP) is 1.61. The molecule has 1 heterocycles. The van der Waals surface area contributed by atoms with Gasteiger partial charge in [-0.15, -0.1) is 0 Å². The molecule has 0 radical (unpaired) electrons. The van der Waals surface area contributed by atoms with E-state index in [4.69, 9.17) is 0 Å². The number of hydrazine groups is 1. The van der Waals surface area contributed by atoms with Gasteiger partial charge in [-0.2, -0.15) is 0 Å². The summed E-state index contributed by atoms with van der Waals surface area (Å²) in [5.41, 5.74) is 7.98. The molecule has 2 fully saturated rings. The maximum Gasteiger partial charge on any atom is 0.0605 e. The highest BCUT2D eigenvalue weighted by atomic mass is 16.3. The van der Waals surface area contributed by atoms with Crippen LogP contribution in [-0.4, -0.2) is 17.3 Å². The molecule has 0 spiro atoms. The van der Waals surface area contributed by atoms with Crippen LogP contribution in [0.3, 0.4) is 0 Å². The van der Waals surface area contributed by atoms with E-state index in [9.17, 15) is 5.11 Å². The van der Waals surface area contributed by atoms with Gasteiger partial charge in [0, 0.05) is 12.0 Å². The molecule has 5 atom stereocenters. The molecule has 2 aliphatic rings. The first-order valence-corrected chi connectivity index (χ1v) is 6.50. The minimum atomic E-state index is -0.198. The average molecular weight is 232 g/mol. The fraction of sp³-hybridized carbons (Fsp3) is 0.571. The van der Waals surface area contributed by atoms with E-state index in [0.717, 1.165) is 12.8 Å². The molecule has 1 saturated carbocycles. The highest BCUT2D eigenvalue weighted by Gasteiger charge is 2.44. The summed E-state index contributed by atoms with van der Waals surface area (Å²) in [6.45, 7) is 2.22. The van der Waals surface area contributed by atoms with E-state index >= 15 is 0 Å². The van der Waals surface area contributed by atoms with E-state index in [-0.39, 0.29) is 12.1 Å². The number of aliphatic hydroxyl groups is 1. The van der Waals surface area contributed by atoms with Gasteiger partial charge < -0.3 is 5.11 Å². The first-order chi connectivity index (χ1) is 8.25. The lowest BCUT2D eigenvalue weighted by Gasteiger charge is -2.35. The lowest BCUT2D eigenvalue weighted by molar-refractivity contribution is 0.0358. The number of benzene rings is 1. The van der Waals surface area contributed by atoms with Crippen LogP contribution >= 0.6 is 0 Å². The van der Waals surface area contributed by atoms with Gasteiger partial charge in [-0.05, 0) is 24.3 Å². The molecule has 1 aromatic rings. The van der Waals surface area contributed by atoms with E-state index < -0.39 is 0 Å². The van der Waals surface area contributed by atoms with Crippen molar-refractivity contribution < 1.29 is 5.11 Å². The number of hydrogen-bond acceptors (Lipinski definition) is 3. The molecule has 0 aromatic heterocycles. The third-order valence-electron chi connectivity index (χ3n) is 4.18. The predicted molar refractivity (Wildman–Crippen MR) is 67.1 cm³/mol. The van der Waals surface area contributed by atoms with Crippen LogP contribution in [0.2, 0.25) is 0 Å². The van der Waals surface area contributed by atoms with E-state index in [1.165, 1.54) is 5.56 Å². The van der Waals surface area contributed by atoms with Gasteiger partial charge in [0.05, 0.1) is 12.1 Å². The summed E-state index contributed by atoms with van der Waals surface area (Å²) >= 11 is 0. The zero-order valence-electron chi connectivity index (χ0n) is 10.1. The van der Waals surface area contributed by atoms with Crippen molar-refractivity contribution in [2.45, 2.75) is 38.0 Å². The number of aliphatic hydroxyl groups excluding tert-OH is 1. The number of nitrogens with one attached hydrogen (secondary N) is 2. The van der Waals surface area contributed by atoms with Gasteiger partial charge in [-0.1, -0.05) is 37.3 Å². The summed E-state index contributed by atoms with van der Waals surface area (Å²) in [4.78, 5) is 0. The highest BCUT2D eigenvalue weighted by Crippen LogP contribution is 2.39. The summed E-state index contributed by atoms with van der Waals surface area (Å²) in [6.07, 6.45) is 1.88. The average Bonchev–Trinajstić information content (AvgIpc) is 2.74. The quantitative estimate of drug-likeness (QED) is 0.689. The van der Waals surface area contributed by atoms with Gasteiger partial charge in [0.25, 0.3) is 0 Å². The molecule has 3 N–H and O–H groups in total. The molecule has 3 heteroatoms. The maximum absolute atomic E-state index is 10.3. The van der Waals surface area contributed by atoms with Crippen molar-refractivity contribution in [2.75, 3.05) is 0 Å². The lowest BCUT2D eigenvalue weighted by atomic mass is 9.74. The van der Waals surface area contributed by atoms with E-state index in [0.29, 0.717) is 17.9 Å². The van der Waals surface area contributed by atoms with Crippen molar-refractivity contribution in [3.8, 4) is 0 Å². The van der Waals surface area contributed by atoms with Crippen molar-refractivity contribution in [3.05, 3.63) is 35.9 Å². The van der Waals surface area contributed by atoms with E-state index in [1.807, 2.05) is 6.07 Å². The van der Waals surface area contributed by atoms with Crippen LogP contribution < -0.4 is 10.9 Å². The Hall–Kier alpha value is -0.900. The summed E-state index contributed by atoms with van der Waals surface area (Å²) < 4.78 is 0. The second kappa shape index (κ2) is 4.41. The van der Waals surface area contributed by atoms with Crippen molar-refractivity contribution in [1.82, 2.24) is 10.9 Å². The summed E-state index contributed by atoms with van der Waals surface area (Å²) in [5, 5.41) is 10.3. The molecule has 5 unspecified atom stereocenters. The van der Waals surface area contributed by atoms with Gasteiger partial charge >= 0.3 is 0 Å². The fourth-order valence-electron chi connectivity index (χ4n) is 3.39. The molecule has 1 aliphatic carbocycles. The largest absolute Gasteiger partial charge is 0.393 e. The SMILES string of the molecule is CC1CC(O)C2C(C1)NNC2c1ccccc1. The van der Waals surface area contributed by atoms with Gasteiger partial charge in [0.2, 0.25) is 0 Å². The molecule has 1 aromatic carbocycles. The zero-order chi connectivity index (χ0) is 11.8. The molecule has 92 valence electrons. The molecule has 0 bridgehead atoms. The number of rotatable bonds is 1. The topological polar surface area (TPSA) is 44.3 Å². The smallest absolute Gasteiger partial charge is 0.0605 e. The van der Waals surface area contributed by atoms with Crippen LogP contribution in [-0.2, 0) is 0 Å². The Balaban J connectivity index is 1.85. The van der Waals surface area contributed by atoms with Gasteiger partial charge in [0.1, 0.15) is 0 Å². The lowest BCUT2D eigenvalue weighted by Crippen LogP contribution is -2.42. The summed E-state index contributed by atoms with van der Waals surface area (Å²) in [7, 11) is 0. The number of hydrogen-bond donors (Lipinski definition) is 3. The molecule has 3 nitrogen and oxygen atoms in total. The third kappa shape index (κ3) is 1.99. The Bertz CT molecular complexity index is 381. The van der Waals surface area contributed by atoms with Crippen molar-refractivity contribution >= 4 is 0 Å². The molecular weight excluding hydrogens is 212 g/mol. The van der Waals surface area contributed by atoms with Crippen LogP contribution in [0, 0.1) is 11.8 Å². The molecule has 0 amide bonds. The normalized spacial score (nSPS) is 41.2. The molecule has 3 rings (SSSR count). The van der Waals surface area contributed by atoms with Crippen molar-refractivity contribution in [2.24, 2.45) is 11.8 Å². The highest BCUT2D eigenvalue weighted by molar-refractivity contribution is 5.22. The molecular formula is C14H20N2O. The second-order valence-corrected chi connectivity index (χ2v) is 5.50. The fourth-order valence-corrected chi connectivity index (χ4v) is 3.39. The van der Waals surface area contributed by atoms with Crippen LogP contribution in [0.1, 0.15) is 31.4 Å². The second-order valence-electron chi connectivity index (χ2n) is 5.50. The summed E-state index contributed by atoms with van der Waals surface area (Å²) in [6, 6.07) is 11.1. The Morgan fingerprint density at radius 3 is 2.65 bits per heavy atom. The standard InChI is InChI=1S/C14H20N2O/c1-9-7-11-13(12(17)8-9)14(16-15-11)10-5-3-2-4-6-10/h2-6,9,11-17H,7-8H2,1H3. The monoisotopic (exact) mass is 232 g/mol. The summed E-state index contributed by atoms with van der Waals surface area (Å²) in [5.74, 6) is 0.906. The van der Waals surface area contributed by atoms with Crippen LogP contribution in [0.15, 0.2) is 30.3 Å². The maximum atomic E-state index is 10.3. The molecule has 17 heavy (non-hydrogen) atoms.